The Balaban J connectivity index is 3.08. The molecular formula is C16H24BrNO. The third-order valence-corrected chi connectivity index (χ3v) is 3.95. The molecule has 0 aliphatic carbocycles. The van der Waals surface area contributed by atoms with Gasteiger partial charge in [-0.2, -0.15) is 0 Å². The van der Waals surface area contributed by atoms with Crippen molar-refractivity contribution in [3.8, 4) is 0 Å². The van der Waals surface area contributed by atoms with Crippen molar-refractivity contribution >= 4 is 21.8 Å². The first-order valence-corrected chi connectivity index (χ1v) is 8.11. The van der Waals surface area contributed by atoms with E-state index in [1.54, 1.807) is 0 Å². The van der Waals surface area contributed by atoms with Crippen LogP contribution >= 0.6 is 15.9 Å². The minimum atomic E-state index is 0.161. The predicted octanol–water partition coefficient (Wildman–Crippen LogP) is 4.33. The molecule has 19 heavy (non-hydrogen) atoms. The number of hydrogen-bond donors (Lipinski definition) is 0. The number of carbonyl (C=O) groups excluding carboxylic acids is 1. The molecule has 0 unspecified atom stereocenters. The van der Waals surface area contributed by atoms with E-state index in [0.29, 0.717) is 6.04 Å². The van der Waals surface area contributed by atoms with Gasteiger partial charge >= 0.3 is 0 Å². The zero-order valence-electron chi connectivity index (χ0n) is 12.4. The number of benzene rings is 1. The van der Waals surface area contributed by atoms with Gasteiger partial charge in [-0.1, -0.05) is 47.5 Å². The fourth-order valence-electron chi connectivity index (χ4n) is 2.39. The number of rotatable bonds is 6. The standard InChI is InChI=1S/C16H24BrNO/c1-5-14(6-2)18(10-9-17)16(19)15-11-12(3)7-8-13(15)4/h7-8,11,14H,5-6,9-10H2,1-4H3. The summed E-state index contributed by atoms with van der Waals surface area (Å²) < 4.78 is 0. The van der Waals surface area contributed by atoms with Crippen molar-refractivity contribution in [2.75, 3.05) is 11.9 Å². The Kier molecular flexibility index (Phi) is 6.56. The average molecular weight is 326 g/mol. The second-order valence-corrected chi connectivity index (χ2v) is 5.77. The second-order valence-electron chi connectivity index (χ2n) is 4.98. The molecule has 0 fully saturated rings. The normalized spacial score (nSPS) is 10.8. The first kappa shape index (κ1) is 16.2. The van der Waals surface area contributed by atoms with Gasteiger partial charge in [-0.05, 0) is 38.3 Å². The maximum Gasteiger partial charge on any atom is 0.254 e. The van der Waals surface area contributed by atoms with Crippen LogP contribution in [0.2, 0.25) is 0 Å². The van der Waals surface area contributed by atoms with E-state index in [4.69, 9.17) is 0 Å². The lowest BCUT2D eigenvalue weighted by Crippen LogP contribution is -2.41. The predicted molar refractivity (Wildman–Crippen MR) is 85.1 cm³/mol. The van der Waals surface area contributed by atoms with Crippen molar-refractivity contribution in [2.24, 2.45) is 0 Å². The van der Waals surface area contributed by atoms with Crippen LogP contribution in [-0.4, -0.2) is 28.7 Å². The summed E-state index contributed by atoms with van der Waals surface area (Å²) >= 11 is 3.46. The molecule has 1 amide bonds. The molecule has 0 aliphatic rings. The zero-order valence-corrected chi connectivity index (χ0v) is 14.0. The van der Waals surface area contributed by atoms with Gasteiger partial charge < -0.3 is 4.90 Å². The van der Waals surface area contributed by atoms with Crippen LogP contribution in [0.15, 0.2) is 18.2 Å². The molecule has 0 bridgehead atoms. The summed E-state index contributed by atoms with van der Waals surface area (Å²) in [4.78, 5) is 14.8. The molecule has 106 valence electrons. The third-order valence-electron chi connectivity index (χ3n) is 3.59. The maximum absolute atomic E-state index is 12.8. The number of hydrogen-bond acceptors (Lipinski definition) is 1. The molecule has 0 atom stereocenters. The van der Waals surface area contributed by atoms with Crippen LogP contribution in [0.5, 0.6) is 0 Å². The monoisotopic (exact) mass is 325 g/mol. The summed E-state index contributed by atoms with van der Waals surface area (Å²) in [6, 6.07) is 6.41. The van der Waals surface area contributed by atoms with Gasteiger partial charge in [0.25, 0.3) is 5.91 Å². The fraction of sp³-hybridized carbons (Fsp3) is 0.562. The second kappa shape index (κ2) is 7.68. The molecule has 0 saturated heterocycles. The molecule has 1 aromatic carbocycles. The molecule has 0 radical (unpaired) electrons. The van der Waals surface area contributed by atoms with E-state index in [1.807, 2.05) is 30.9 Å². The van der Waals surface area contributed by atoms with Crippen LogP contribution in [0.1, 0.15) is 48.2 Å². The van der Waals surface area contributed by atoms with Crippen molar-refractivity contribution in [2.45, 2.75) is 46.6 Å². The minimum Gasteiger partial charge on any atom is -0.335 e. The van der Waals surface area contributed by atoms with Crippen molar-refractivity contribution in [3.63, 3.8) is 0 Å². The maximum atomic E-state index is 12.8. The van der Waals surface area contributed by atoms with Gasteiger partial charge in [0.15, 0.2) is 0 Å². The van der Waals surface area contributed by atoms with Crippen LogP contribution < -0.4 is 0 Å². The van der Waals surface area contributed by atoms with Crippen LogP contribution in [0.3, 0.4) is 0 Å². The molecule has 3 heteroatoms. The largest absolute Gasteiger partial charge is 0.335 e. The lowest BCUT2D eigenvalue weighted by Gasteiger charge is -2.30. The van der Waals surface area contributed by atoms with Crippen LogP contribution in [-0.2, 0) is 0 Å². The van der Waals surface area contributed by atoms with Gasteiger partial charge in [0.2, 0.25) is 0 Å². The third kappa shape index (κ3) is 4.07. The van der Waals surface area contributed by atoms with Gasteiger partial charge in [-0.15, -0.1) is 0 Å². The molecule has 1 aromatic rings. The highest BCUT2D eigenvalue weighted by Gasteiger charge is 2.22. The van der Waals surface area contributed by atoms with E-state index in [1.165, 1.54) is 0 Å². The quantitative estimate of drug-likeness (QED) is 0.713. The molecule has 0 N–H and O–H groups in total. The molecule has 1 rings (SSSR count). The number of aryl methyl sites for hydroxylation is 2. The molecule has 0 saturated carbocycles. The SMILES string of the molecule is CCC(CC)N(CCBr)C(=O)c1cc(C)ccc1C. The van der Waals surface area contributed by atoms with Gasteiger partial charge in [0.1, 0.15) is 0 Å². The Morgan fingerprint density at radius 2 is 1.89 bits per heavy atom. The Bertz CT molecular complexity index is 427. The Morgan fingerprint density at radius 1 is 1.26 bits per heavy atom. The average Bonchev–Trinajstić information content (AvgIpc) is 2.41. The van der Waals surface area contributed by atoms with E-state index < -0.39 is 0 Å². The van der Waals surface area contributed by atoms with E-state index >= 15 is 0 Å². The molecule has 0 heterocycles. The van der Waals surface area contributed by atoms with E-state index in [2.05, 4.69) is 35.8 Å². The number of alkyl halides is 1. The van der Waals surface area contributed by atoms with Crippen LogP contribution in [0.25, 0.3) is 0 Å². The minimum absolute atomic E-state index is 0.161. The highest BCUT2D eigenvalue weighted by atomic mass is 79.9. The molecule has 0 aromatic heterocycles. The Morgan fingerprint density at radius 3 is 2.42 bits per heavy atom. The topological polar surface area (TPSA) is 20.3 Å². The summed E-state index contributed by atoms with van der Waals surface area (Å²) in [7, 11) is 0. The highest BCUT2D eigenvalue weighted by Crippen LogP contribution is 2.18. The first-order chi connectivity index (χ1) is 9.04. The fourth-order valence-corrected chi connectivity index (χ4v) is 2.77. The van der Waals surface area contributed by atoms with Crippen LogP contribution in [0.4, 0.5) is 0 Å². The lowest BCUT2D eigenvalue weighted by molar-refractivity contribution is 0.0682. The number of carbonyl (C=O) groups is 1. The van der Waals surface area contributed by atoms with Gasteiger partial charge in [0.05, 0.1) is 0 Å². The van der Waals surface area contributed by atoms with Gasteiger partial charge in [-0.3, -0.25) is 4.79 Å². The molecule has 0 spiro atoms. The summed E-state index contributed by atoms with van der Waals surface area (Å²) in [5.41, 5.74) is 3.03. The summed E-state index contributed by atoms with van der Waals surface area (Å²) in [5, 5.41) is 0.820. The molecular weight excluding hydrogens is 302 g/mol. The van der Waals surface area contributed by atoms with Crippen molar-refractivity contribution < 1.29 is 4.79 Å². The van der Waals surface area contributed by atoms with Crippen molar-refractivity contribution in [1.29, 1.82) is 0 Å². The smallest absolute Gasteiger partial charge is 0.254 e. The zero-order chi connectivity index (χ0) is 14.4. The Labute approximate surface area is 125 Å². The van der Waals surface area contributed by atoms with Crippen molar-refractivity contribution in [1.82, 2.24) is 4.90 Å². The lowest BCUT2D eigenvalue weighted by atomic mass is 10.0. The summed E-state index contributed by atoms with van der Waals surface area (Å²) in [6.07, 6.45) is 2.00. The van der Waals surface area contributed by atoms with Crippen molar-refractivity contribution in [3.05, 3.63) is 34.9 Å². The number of nitrogens with zero attached hydrogens (tertiary/aromatic N) is 1. The highest BCUT2D eigenvalue weighted by molar-refractivity contribution is 9.09. The van der Waals surface area contributed by atoms with E-state index in [-0.39, 0.29) is 5.91 Å². The van der Waals surface area contributed by atoms with E-state index in [9.17, 15) is 4.79 Å². The summed E-state index contributed by atoms with van der Waals surface area (Å²) in [6.45, 7) is 9.09. The summed E-state index contributed by atoms with van der Waals surface area (Å²) in [5.74, 6) is 0.161. The Hall–Kier alpha value is -0.830. The van der Waals surface area contributed by atoms with Crippen LogP contribution in [0, 0.1) is 13.8 Å². The number of amides is 1. The van der Waals surface area contributed by atoms with Gasteiger partial charge in [-0.25, -0.2) is 0 Å². The first-order valence-electron chi connectivity index (χ1n) is 6.99. The molecule has 0 aliphatic heterocycles. The van der Waals surface area contributed by atoms with E-state index in [0.717, 1.165) is 41.4 Å². The number of halogens is 1. The molecule has 2 nitrogen and oxygen atoms in total. The van der Waals surface area contributed by atoms with Gasteiger partial charge in [0, 0.05) is 23.5 Å².